The Bertz CT molecular complexity index is 322. The molecule has 0 aliphatic rings. The van der Waals surface area contributed by atoms with Gasteiger partial charge in [-0.2, -0.15) is 0 Å². The van der Waals surface area contributed by atoms with Crippen LogP contribution in [0.4, 0.5) is 5.69 Å². The molecule has 4 nitrogen and oxygen atoms in total. The van der Waals surface area contributed by atoms with Crippen molar-refractivity contribution in [1.29, 1.82) is 0 Å². The molecule has 0 aromatic heterocycles. The van der Waals surface area contributed by atoms with Crippen LogP contribution in [0.15, 0.2) is 30.3 Å². The largest absolute Gasteiger partial charge is 0.374 e. The second kappa shape index (κ2) is 4.60. The molecule has 0 aliphatic carbocycles. The van der Waals surface area contributed by atoms with Crippen LogP contribution in [-0.2, 0) is 4.57 Å². The lowest BCUT2D eigenvalue weighted by atomic mass is 10.3. The van der Waals surface area contributed by atoms with Crippen molar-refractivity contribution in [2.45, 2.75) is 0 Å². The SMILES string of the molecule is CN(CCP(=O)(O)O)c1ccccc1. The Hall–Kier alpha value is -0.830. The lowest BCUT2D eigenvalue weighted by molar-refractivity contribution is 0.373. The maximum absolute atomic E-state index is 10.6. The Kier molecular flexibility index (Phi) is 3.69. The zero-order valence-corrected chi connectivity index (χ0v) is 8.89. The van der Waals surface area contributed by atoms with E-state index in [-0.39, 0.29) is 6.16 Å². The van der Waals surface area contributed by atoms with Gasteiger partial charge in [0, 0.05) is 19.3 Å². The lowest BCUT2D eigenvalue weighted by Crippen LogP contribution is -2.21. The van der Waals surface area contributed by atoms with Crippen LogP contribution in [-0.4, -0.2) is 29.5 Å². The van der Waals surface area contributed by atoms with E-state index in [1.54, 1.807) is 0 Å². The molecule has 0 heterocycles. The smallest absolute Gasteiger partial charge is 0.327 e. The van der Waals surface area contributed by atoms with Crippen molar-refractivity contribution in [3.63, 3.8) is 0 Å². The Morgan fingerprint density at radius 1 is 1.29 bits per heavy atom. The van der Waals surface area contributed by atoms with Gasteiger partial charge in [0.25, 0.3) is 0 Å². The molecule has 0 spiro atoms. The van der Waals surface area contributed by atoms with E-state index < -0.39 is 7.60 Å². The van der Waals surface area contributed by atoms with E-state index in [0.717, 1.165) is 5.69 Å². The second-order valence-corrected chi connectivity index (χ2v) is 4.92. The van der Waals surface area contributed by atoms with Crippen LogP contribution in [0.25, 0.3) is 0 Å². The van der Waals surface area contributed by atoms with Gasteiger partial charge in [-0.1, -0.05) is 18.2 Å². The maximum atomic E-state index is 10.6. The Morgan fingerprint density at radius 3 is 2.36 bits per heavy atom. The van der Waals surface area contributed by atoms with Crippen molar-refractivity contribution in [3.8, 4) is 0 Å². The molecular formula is C9H14NO3P. The van der Waals surface area contributed by atoms with Crippen molar-refractivity contribution >= 4 is 13.3 Å². The molecule has 0 atom stereocenters. The third-order valence-corrected chi connectivity index (χ3v) is 2.71. The summed E-state index contributed by atoms with van der Waals surface area (Å²) in [4.78, 5) is 19.2. The molecular weight excluding hydrogens is 201 g/mol. The van der Waals surface area contributed by atoms with Crippen molar-refractivity contribution < 1.29 is 14.4 Å². The summed E-state index contributed by atoms with van der Waals surface area (Å²) in [6, 6.07) is 9.49. The lowest BCUT2D eigenvalue weighted by Gasteiger charge is -2.19. The molecule has 1 rings (SSSR count). The molecule has 0 saturated carbocycles. The Labute approximate surface area is 83.3 Å². The standard InChI is InChI=1S/C9H14NO3P/c1-10(7-8-14(11,12)13)9-5-3-2-4-6-9/h2-6H,7-8H2,1H3,(H2,11,12,13). The van der Waals surface area contributed by atoms with Crippen LogP contribution < -0.4 is 4.90 Å². The molecule has 1 aromatic carbocycles. The van der Waals surface area contributed by atoms with Crippen molar-refractivity contribution in [2.24, 2.45) is 0 Å². The minimum Gasteiger partial charge on any atom is -0.374 e. The van der Waals surface area contributed by atoms with Gasteiger partial charge in [0.05, 0.1) is 6.16 Å². The summed E-state index contributed by atoms with van der Waals surface area (Å²) in [5.41, 5.74) is 0.959. The summed E-state index contributed by atoms with van der Waals surface area (Å²) in [6.45, 7) is 0.355. The molecule has 0 aliphatic heterocycles. The van der Waals surface area contributed by atoms with Crippen LogP contribution in [0, 0.1) is 0 Å². The zero-order chi connectivity index (χ0) is 10.6. The van der Waals surface area contributed by atoms with E-state index in [2.05, 4.69) is 0 Å². The highest BCUT2D eigenvalue weighted by Gasteiger charge is 2.13. The Morgan fingerprint density at radius 2 is 1.86 bits per heavy atom. The van der Waals surface area contributed by atoms with Gasteiger partial charge in [0.2, 0.25) is 0 Å². The summed E-state index contributed by atoms with van der Waals surface area (Å²) in [6.07, 6.45) is -0.113. The first-order chi connectivity index (χ1) is 6.49. The summed E-state index contributed by atoms with van der Waals surface area (Å²) in [5, 5.41) is 0. The van der Waals surface area contributed by atoms with Crippen molar-refractivity contribution in [3.05, 3.63) is 30.3 Å². The summed E-state index contributed by atoms with van der Waals surface area (Å²) in [5.74, 6) is 0. The van der Waals surface area contributed by atoms with Gasteiger partial charge in [0.15, 0.2) is 0 Å². The number of hydrogen-bond donors (Lipinski definition) is 2. The van der Waals surface area contributed by atoms with Crippen LogP contribution in [0.1, 0.15) is 0 Å². The molecule has 78 valence electrons. The number of para-hydroxylation sites is 1. The average molecular weight is 215 g/mol. The molecule has 2 N–H and O–H groups in total. The molecule has 0 radical (unpaired) electrons. The Balaban J connectivity index is 2.52. The first kappa shape index (κ1) is 11.2. The molecule has 0 unspecified atom stereocenters. The van der Waals surface area contributed by atoms with Crippen molar-refractivity contribution in [2.75, 3.05) is 24.7 Å². The highest BCUT2D eigenvalue weighted by Crippen LogP contribution is 2.33. The normalized spacial score (nSPS) is 11.4. The van der Waals surface area contributed by atoms with Gasteiger partial charge in [-0.25, -0.2) is 0 Å². The van der Waals surface area contributed by atoms with E-state index in [1.165, 1.54) is 0 Å². The molecule has 5 heteroatoms. The number of benzene rings is 1. The van der Waals surface area contributed by atoms with E-state index >= 15 is 0 Å². The van der Waals surface area contributed by atoms with Crippen molar-refractivity contribution in [1.82, 2.24) is 0 Å². The minimum absolute atomic E-state index is 0.113. The second-order valence-electron chi connectivity index (χ2n) is 3.15. The van der Waals surface area contributed by atoms with Gasteiger partial charge in [-0.3, -0.25) is 4.57 Å². The molecule has 0 saturated heterocycles. The monoisotopic (exact) mass is 215 g/mol. The average Bonchev–Trinajstić information content (AvgIpc) is 2.14. The van der Waals surface area contributed by atoms with Gasteiger partial charge in [-0.05, 0) is 12.1 Å². The number of anilines is 1. The number of nitrogens with zero attached hydrogens (tertiary/aromatic N) is 1. The highest BCUT2D eigenvalue weighted by atomic mass is 31.2. The van der Waals surface area contributed by atoms with E-state index in [4.69, 9.17) is 9.79 Å². The third kappa shape index (κ3) is 3.92. The highest BCUT2D eigenvalue weighted by molar-refractivity contribution is 7.51. The molecule has 1 aromatic rings. The molecule has 0 bridgehead atoms. The molecule has 0 amide bonds. The van der Waals surface area contributed by atoms with E-state index in [9.17, 15) is 4.57 Å². The van der Waals surface area contributed by atoms with Crippen LogP contribution in [0.5, 0.6) is 0 Å². The summed E-state index contributed by atoms with van der Waals surface area (Å²) >= 11 is 0. The number of hydrogen-bond acceptors (Lipinski definition) is 2. The topological polar surface area (TPSA) is 60.8 Å². The minimum atomic E-state index is -3.88. The molecule has 0 fully saturated rings. The summed E-state index contributed by atoms with van der Waals surface area (Å²) in [7, 11) is -2.07. The van der Waals surface area contributed by atoms with Crippen LogP contribution >= 0.6 is 7.60 Å². The first-order valence-electron chi connectivity index (χ1n) is 4.30. The predicted molar refractivity (Wildman–Crippen MR) is 56.6 cm³/mol. The number of rotatable bonds is 4. The zero-order valence-electron chi connectivity index (χ0n) is 8.00. The van der Waals surface area contributed by atoms with Gasteiger partial charge < -0.3 is 14.7 Å². The fourth-order valence-electron chi connectivity index (χ4n) is 1.09. The maximum Gasteiger partial charge on any atom is 0.327 e. The third-order valence-electron chi connectivity index (χ3n) is 1.92. The predicted octanol–water partition coefficient (Wildman–Crippen LogP) is 1.30. The van der Waals surface area contributed by atoms with E-state index in [0.29, 0.717) is 6.54 Å². The van der Waals surface area contributed by atoms with E-state index in [1.807, 2.05) is 42.3 Å². The fraction of sp³-hybridized carbons (Fsp3) is 0.333. The van der Waals surface area contributed by atoms with Gasteiger partial charge in [-0.15, -0.1) is 0 Å². The first-order valence-corrected chi connectivity index (χ1v) is 6.09. The summed E-state index contributed by atoms with van der Waals surface area (Å²) < 4.78 is 10.6. The fourth-order valence-corrected chi connectivity index (χ4v) is 1.65. The molecule has 14 heavy (non-hydrogen) atoms. The van der Waals surface area contributed by atoms with Gasteiger partial charge in [0.1, 0.15) is 0 Å². The van der Waals surface area contributed by atoms with Crippen LogP contribution in [0.3, 0.4) is 0 Å². The van der Waals surface area contributed by atoms with Gasteiger partial charge >= 0.3 is 7.60 Å². The van der Waals surface area contributed by atoms with Crippen LogP contribution in [0.2, 0.25) is 0 Å². The quantitative estimate of drug-likeness (QED) is 0.743.